The summed E-state index contributed by atoms with van der Waals surface area (Å²) in [5.41, 5.74) is 4.22. The van der Waals surface area contributed by atoms with Crippen LogP contribution in [0.2, 0.25) is 0 Å². The summed E-state index contributed by atoms with van der Waals surface area (Å²) in [4.78, 5) is 26.6. The molecule has 0 radical (unpaired) electrons. The lowest BCUT2D eigenvalue weighted by Crippen LogP contribution is -2.45. The average Bonchev–Trinajstić information content (AvgIpc) is 3.50. The molecule has 0 bridgehead atoms. The van der Waals surface area contributed by atoms with Gasteiger partial charge in [0.15, 0.2) is 0 Å². The van der Waals surface area contributed by atoms with Crippen LogP contribution in [0, 0.1) is 0 Å². The molecule has 170 valence electrons. The monoisotopic (exact) mass is 441 g/mol. The van der Waals surface area contributed by atoms with E-state index in [0.717, 1.165) is 12.8 Å². The molecule has 0 unspecified atom stereocenters. The van der Waals surface area contributed by atoms with Crippen molar-refractivity contribution in [1.29, 1.82) is 0 Å². The maximum Gasteiger partial charge on any atom is 0.431 e. The minimum atomic E-state index is -4.72. The minimum absolute atomic E-state index is 0.0157. The van der Waals surface area contributed by atoms with Crippen molar-refractivity contribution in [1.82, 2.24) is 14.9 Å². The molecule has 3 rings (SSSR count). The third-order valence-corrected chi connectivity index (χ3v) is 4.82. The Morgan fingerprint density at radius 2 is 1.94 bits per heavy atom. The number of rotatable bonds is 3. The molecule has 1 aromatic rings. The van der Waals surface area contributed by atoms with Gasteiger partial charge in [-0.3, -0.25) is 0 Å². The Labute approximate surface area is 178 Å². The second-order valence-electron chi connectivity index (χ2n) is 8.49. The first-order valence-electron chi connectivity index (χ1n) is 9.91. The van der Waals surface area contributed by atoms with E-state index < -0.39 is 23.6 Å². The van der Waals surface area contributed by atoms with Gasteiger partial charge in [-0.2, -0.15) is 18.2 Å². The van der Waals surface area contributed by atoms with E-state index >= 15 is 0 Å². The molecule has 0 atom stereocenters. The lowest BCUT2D eigenvalue weighted by Gasteiger charge is -2.32. The van der Waals surface area contributed by atoms with Crippen LogP contribution >= 0.6 is 0 Å². The zero-order valence-electron chi connectivity index (χ0n) is 17.9. The van der Waals surface area contributed by atoms with Gasteiger partial charge in [-0.1, -0.05) is 0 Å². The highest BCUT2D eigenvalue weighted by atomic mass is 19.4. The molecule has 1 aliphatic carbocycles. The van der Waals surface area contributed by atoms with Crippen molar-refractivity contribution in [3.8, 4) is 5.88 Å². The number of alkyl halides is 3. The number of carbonyl (C=O) groups excluding carboxylic acids is 1. The molecular weight excluding hydrogens is 415 g/mol. The predicted octanol–water partition coefficient (Wildman–Crippen LogP) is 3.85. The number of likely N-dealkylation sites (tertiary alicyclic amines) is 1. The van der Waals surface area contributed by atoms with Crippen LogP contribution in [0.1, 0.15) is 51.6 Å². The van der Waals surface area contributed by atoms with Crippen molar-refractivity contribution in [2.24, 2.45) is 10.7 Å². The van der Waals surface area contributed by atoms with Gasteiger partial charge in [0.05, 0.1) is 25.1 Å². The topological polar surface area (TPSA) is 103 Å². The van der Waals surface area contributed by atoms with Crippen LogP contribution in [0.3, 0.4) is 0 Å². The number of nitrogens with zero attached hydrogens (tertiary/aromatic N) is 4. The van der Waals surface area contributed by atoms with Crippen molar-refractivity contribution >= 4 is 17.5 Å². The number of halogens is 3. The third-order valence-electron chi connectivity index (χ3n) is 4.82. The van der Waals surface area contributed by atoms with E-state index in [1.54, 1.807) is 20.8 Å². The first kappa shape index (κ1) is 22.8. The van der Waals surface area contributed by atoms with E-state index in [0.29, 0.717) is 5.69 Å². The van der Waals surface area contributed by atoms with E-state index in [1.807, 2.05) is 0 Å². The number of hydrogen-bond donors (Lipinski definition) is 1. The molecule has 1 amide bonds. The summed E-state index contributed by atoms with van der Waals surface area (Å²) in [6.07, 6.45) is -2.34. The molecule has 0 aromatic carbocycles. The van der Waals surface area contributed by atoms with Gasteiger partial charge in [-0.25, -0.2) is 14.8 Å². The van der Waals surface area contributed by atoms with Crippen LogP contribution in [0.25, 0.3) is 0 Å². The van der Waals surface area contributed by atoms with Crippen molar-refractivity contribution in [2.75, 3.05) is 20.2 Å². The number of allylic oxidation sites excluding steroid dienone is 1. The second kappa shape index (κ2) is 8.35. The summed E-state index contributed by atoms with van der Waals surface area (Å²) in [7, 11) is 1.40. The zero-order chi connectivity index (χ0) is 23.0. The SMILES string of the molecule is COc1ncnc(C2CC2)c1N=C1CN(C(=O)OC(C)(C)C)CC/C1=C(/N)C(F)(F)F. The summed E-state index contributed by atoms with van der Waals surface area (Å²) < 4.78 is 50.8. The molecule has 2 N–H and O–H groups in total. The molecule has 2 aliphatic rings. The highest BCUT2D eigenvalue weighted by Gasteiger charge is 2.39. The summed E-state index contributed by atoms with van der Waals surface area (Å²) in [5, 5.41) is 0. The molecule has 11 heteroatoms. The number of piperidine rings is 1. The number of ether oxygens (including phenoxy) is 2. The number of amides is 1. The van der Waals surface area contributed by atoms with Gasteiger partial charge in [0.1, 0.15) is 23.3 Å². The molecular formula is C20H26F3N5O3. The number of carbonyl (C=O) groups is 1. The minimum Gasteiger partial charge on any atom is -0.479 e. The van der Waals surface area contributed by atoms with Crippen molar-refractivity contribution < 1.29 is 27.4 Å². The predicted molar refractivity (Wildman–Crippen MR) is 107 cm³/mol. The van der Waals surface area contributed by atoms with E-state index in [2.05, 4.69) is 15.0 Å². The smallest absolute Gasteiger partial charge is 0.431 e. The van der Waals surface area contributed by atoms with Crippen LogP contribution in [-0.2, 0) is 4.74 Å². The Kier molecular flexibility index (Phi) is 6.15. The summed E-state index contributed by atoms with van der Waals surface area (Å²) >= 11 is 0. The van der Waals surface area contributed by atoms with Gasteiger partial charge < -0.3 is 20.1 Å². The summed E-state index contributed by atoms with van der Waals surface area (Å²) in [6, 6.07) is 0. The van der Waals surface area contributed by atoms with Gasteiger partial charge in [0, 0.05) is 18.0 Å². The molecule has 1 saturated carbocycles. The fourth-order valence-corrected chi connectivity index (χ4v) is 3.21. The highest BCUT2D eigenvalue weighted by Crippen LogP contribution is 2.45. The number of methoxy groups -OCH3 is 1. The van der Waals surface area contributed by atoms with Crippen molar-refractivity contribution in [3.63, 3.8) is 0 Å². The molecule has 0 spiro atoms. The van der Waals surface area contributed by atoms with Gasteiger partial charge >= 0.3 is 12.3 Å². The highest BCUT2D eigenvalue weighted by molar-refractivity contribution is 6.06. The van der Waals surface area contributed by atoms with E-state index in [9.17, 15) is 18.0 Å². The Hall–Kier alpha value is -2.85. The van der Waals surface area contributed by atoms with Gasteiger partial charge in [0.25, 0.3) is 0 Å². The van der Waals surface area contributed by atoms with Gasteiger partial charge in [0.2, 0.25) is 5.88 Å². The molecule has 2 fully saturated rings. The average molecular weight is 441 g/mol. The van der Waals surface area contributed by atoms with Crippen molar-refractivity contribution in [3.05, 3.63) is 23.3 Å². The number of aliphatic imine (C=N–C) groups is 1. The fourth-order valence-electron chi connectivity index (χ4n) is 3.21. The molecule has 8 nitrogen and oxygen atoms in total. The number of aromatic nitrogens is 2. The maximum absolute atomic E-state index is 13.4. The van der Waals surface area contributed by atoms with Gasteiger partial charge in [-0.15, -0.1) is 0 Å². The van der Waals surface area contributed by atoms with E-state index in [4.69, 9.17) is 15.2 Å². The quantitative estimate of drug-likeness (QED) is 0.764. The second-order valence-corrected chi connectivity index (χ2v) is 8.49. The Morgan fingerprint density at radius 1 is 1.26 bits per heavy atom. The standard InChI is InChI=1S/C20H26F3N5O3/c1-19(2,3)31-18(29)28-8-7-12(16(24)20(21,22)23)13(9-28)27-15-14(11-5-6-11)25-10-26-17(15)30-4/h10-11H,5-9,24H2,1-4H3/b16-12-,27-13?. The zero-order valence-corrected chi connectivity index (χ0v) is 17.9. The van der Waals surface area contributed by atoms with Crippen LogP contribution in [0.15, 0.2) is 22.6 Å². The Balaban J connectivity index is 2.06. The fraction of sp³-hybridized carbons (Fsp3) is 0.600. The van der Waals surface area contributed by atoms with Crippen LogP contribution in [-0.4, -0.2) is 58.6 Å². The summed E-state index contributed by atoms with van der Waals surface area (Å²) in [6.45, 7) is 4.97. The molecule has 2 heterocycles. The van der Waals surface area contributed by atoms with Crippen LogP contribution in [0.4, 0.5) is 23.7 Å². The third kappa shape index (κ3) is 5.45. The molecule has 1 aromatic heterocycles. The first-order chi connectivity index (χ1) is 14.4. The molecule has 1 aliphatic heterocycles. The number of nitrogens with two attached hydrogens (primary N) is 1. The molecule has 31 heavy (non-hydrogen) atoms. The lowest BCUT2D eigenvalue weighted by molar-refractivity contribution is -0.0934. The normalized spacial score (nSPS) is 20.6. The maximum atomic E-state index is 13.4. The van der Waals surface area contributed by atoms with Gasteiger partial charge in [-0.05, 0) is 40.0 Å². The van der Waals surface area contributed by atoms with Crippen LogP contribution in [0.5, 0.6) is 5.88 Å². The van der Waals surface area contributed by atoms with E-state index in [1.165, 1.54) is 18.3 Å². The largest absolute Gasteiger partial charge is 0.479 e. The first-order valence-corrected chi connectivity index (χ1v) is 9.91. The van der Waals surface area contributed by atoms with Crippen LogP contribution < -0.4 is 10.5 Å². The molecule has 1 saturated heterocycles. The lowest BCUT2D eigenvalue weighted by atomic mass is 9.99. The number of hydrogen-bond acceptors (Lipinski definition) is 7. The van der Waals surface area contributed by atoms with E-state index in [-0.39, 0.29) is 48.3 Å². The summed E-state index contributed by atoms with van der Waals surface area (Å²) in [5.74, 6) is 0.304. The van der Waals surface area contributed by atoms with Crippen molar-refractivity contribution in [2.45, 2.75) is 57.7 Å². The Morgan fingerprint density at radius 3 is 2.48 bits per heavy atom. The Bertz CT molecular complexity index is 918.